The molecule has 0 heterocycles. The molecule has 0 aromatic heterocycles. The van der Waals surface area contributed by atoms with Gasteiger partial charge in [-0.1, -0.05) is 231 Å². The van der Waals surface area contributed by atoms with E-state index in [0.717, 1.165) is 83.5 Å². The molecular formula is C55H102O6. The van der Waals surface area contributed by atoms with Crippen LogP contribution in [-0.4, -0.2) is 37.2 Å². The second-order valence-corrected chi connectivity index (χ2v) is 18.1. The first-order valence-electron chi connectivity index (χ1n) is 26.8. The molecule has 0 bridgehead atoms. The van der Waals surface area contributed by atoms with E-state index in [1.165, 1.54) is 167 Å². The molecule has 0 saturated heterocycles. The summed E-state index contributed by atoms with van der Waals surface area (Å²) in [6, 6.07) is 0. The molecule has 1 unspecified atom stereocenters. The number of hydrogen-bond donors (Lipinski definition) is 0. The monoisotopic (exact) mass is 859 g/mol. The van der Waals surface area contributed by atoms with Crippen LogP contribution in [-0.2, 0) is 28.6 Å². The van der Waals surface area contributed by atoms with E-state index in [1.54, 1.807) is 0 Å². The molecule has 0 aliphatic rings. The second-order valence-electron chi connectivity index (χ2n) is 18.1. The van der Waals surface area contributed by atoms with Crippen molar-refractivity contribution in [3.05, 3.63) is 24.3 Å². The molecule has 1 atom stereocenters. The van der Waals surface area contributed by atoms with Crippen LogP contribution in [0.5, 0.6) is 0 Å². The Hall–Kier alpha value is -2.11. The lowest BCUT2D eigenvalue weighted by Crippen LogP contribution is -2.30. The highest BCUT2D eigenvalue weighted by atomic mass is 16.6. The molecule has 0 saturated carbocycles. The molecule has 0 N–H and O–H groups in total. The first-order chi connectivity index (χ1) is 30.0. The molecular weight excluding hydrogens is 757 g/mol. The summed E-state index contributed by atoms with van der Waals surface area (Å²) in [6.07, 6.45) is 57.4. The highest BCUT2D eigenvalue weighted by molar-refractivity contribution is 5.71. The SMILES string of the molecule is CCCC/C=C\CCCCCCC(=O)OCC(COC(=O)CCCCCCC/C=C\CCCCCCCCCCC)OC(=O)CCCCCCCCCCCCCCCCC. The van der Waals surface area contributed by atoms with Gasteiger partial charge in [-0.3, -0.25) is 14.4 Å². The third-order valence-corrected chi connectivity index (χ3v) is 11.9. The van der Waals surface area contributed by atoms with Gasteiger partial charge in [-0.2, -0.15) is 0 Å². The number of carbonyl (C=O) groups is 3. The average molecular weight is 859 g/mol. The number of carbonyl (C=O) groups excluding carboxylic acids is 3. The molecule has 6 nitrogen and oxygen atoms in total. The third-order valence-electron chi connectivity index (χ3n) is 11.9. The summed E-state index contributed by atoms with van der Waals surface area (Å²) in [6.45, 7) is 6.61. The summed E-state index contributed by atoms with van der Waals surface area (Å²) in [5, 5.41) is 0. The van der Waals surface area contributed by atoms with Gasteiger partial charge in [0.15, 0.2) is 6.10 Å². The minimum atomic E-state index is -0.774. The summed E-state index contributed by atoms with van der Waals surface area (Å²) in [7, 11) is 0. The van der Waals surface area contributed by atoms with Gasteiger partial charge in [0.2, 0.25) is 0 Å². The first-order valence-corrected chi connectivity index (χ1v) is 26.8. The average Bonchev–Trinajstić information content (AvgIpc) is 3.26. The van der Waals surface area contributed by atoms with Crippen LogP contribution >= 0.6 is 0 Å². The van der Waals surface area contributed by atoms with E-state index >= 15 is 0 Å². The Morgan fingerprint density at radius 2 is 0.557 bits per heavy atom. The van der Waals surface area contributed by atoms with Crippen molar-refractivity contribution in [2.45, 2.75) is 297 Å². The summed E-state index contributed by atoms with van der Waals surface area (Å²) in [5.41, 5.74) is 0. The zero-order chi connectivity index (χ0) is 44.4. The number of allylic oxidation sites excluding steroid dienone is 4. The maximum absolute atomic E-state index is 12.8. The highest BCUT2D eigenvalue weighted by Crippen LogP contribution is 2.16. The van der Waals surface area contributed by atoms with Gasteiger partial charge < -0.3 is 14.2 Å². The zero-order valence-corrected chi connectivity index (χ0v) is 40.9. The highest BCUT2D eigenvalue weighted by Gasteiger charge is 2.19. The van der Waals surface area contributed by atoms with E-state index in [4.69, 9.17) is 14.2 Å². The number of unbranched alkanes of at least 4 members (excludes halogenated alkanes) is 34. The number of rotatable bonds is 49. The third kappa shape index (κ3) is 48.8. The number of hydrogen-bond acceptors (Lipinski definition) is 6. The quantitative estimate of drug-likeness (QED) is 0.0262. The van der Waals surface area contributed by atoms with E-state index in [2.05, 4.69) is 45.1 Å². The fraction of sp³-hybridized carbons (Fsp3) is 0.873. The fourth-order valence-corrected chi connectivity index (χ4v) is 7.83. The lowest BCUT2D eigenvalue weighted by atomic mass is 10.0. The summed E-state index contributed by atoms with van der Waals surface area (Å²) in [5.74, 6) is -0.883. The minimum absolute atomic E-state index is 0.0755. The summed E-state index contributed by atoms with van der Waals surface area (Å²) in [4.78, 5) is 37.9. The van der Waals surface area contributed by atoms with E-state index in [-0.39, 0.29) is 31.1 Å². The number of ether oxygens (including phenoxy) is 3. The molecule has 358 valence electrons. The van der Waals surface area contributed by atoms with Gasteiger partial charge in [-0.15, -0.1) is 0 Å². The van der Waals surface area contributed by atoms with Crippen molar-refractivity contribution in [1.82, 2.24) is 0 Å². The lowest BCUT2D eigenvalue weighted by Gasteiger charge is -2.18. The van der Waals surface area contributed by atoms with Gasteiger partial charge >= 0.3 is 17.9 Å². The molecule has 0 aliphatic carbocycles. The van der Waals surface area contributed by atoms with Crippen molar-refractivity contribution >= 4 is 17.9 Å². The molecule has 0 spiro atoms. The van der Waals surface area contributed by atoms with Crippen molar-refractivity contribution in [3.63, 3.8) is 0 Å². The summed E-state index contributed by atoms with van der Waals surface area (Å²) < 4.78 is 16.8. The van der Waals surface area contributed by atoms with Crippen molar-refractivity contribution in [2.75, 3.05) is 13.2 Å². The van der Waals surface area contributed by atoms with Crippen LogP contribution in [0.2, 0.25) is 0 Å². The smallest absolute Gasteiger partial charge is 0.306 e. The Morgan fingerprint density at radius 3 is 0.869 bits per heavy atom. The molecule has 0 aliphatic heterocycles. The maximum Gasteiger partial charge on any atom is 0.306 e. The van der Waals surface area contributed by atoms with Crippen molar-refractivity contribution in [3.8, 4) is 0 Å². The van der Waals surface area contributed by atoms with E-state index in [9.17, 15) is 14.4 Å². The van der Waals surface area contributed by atoms with E-state index < -0.39 is 6.10 Å². The molecule has 0 radical (unpaired) electrons. The van der Waals surface area contributed by atoms with Crippen LogP contribution in [0, 0.1) is 0 Å². The van der Waals surface area contributed by atoms with Gasteiger partial charge in [0.1, 0.15) is 13.2 Å². The van der Waals surface area contributed by atoms with Crippen LogP contribution in [0.15, 0.2) is 24.3 Å². The molecule has 0 aromatic carbocycles. The van der Waals surface area contributed by atoms with Gasteiger partial charge in [-0.25, -0.2) is 0 Å². The second kappa shape index (κ2) is 50.5. The van der Waals surface area contributed by atoms with Crippen molar-refractivity contribution in [2.24, 2.45) is 0 Å². The molecule has 6 heteroatoms. The molecule has 61 heavy (non-hydrogen) atoms. The molecule has 0 amide bonds. The topological polar surface area (TPSA) is 78.9 Å². The first kappa shape index (κ1) is 58.9. The fourth-order valence-electron chi connectivity index (χ4n) is 7.83. The van der Waals surface area contributed by atoms with Gasteiger partial charge in [0.25, 0.3) is 0 Å². The lowest BCUT2D eigenvalue weighted by molar-refractivity contribution is -0.167. The van der Waals surface area contributed by atoms with Crippen LogP contribution in [0.4, 0.5) is 0 Å². The predicted molar refractivity (Wildman–Crippen MR) is 261 cm³/mol. The molecule has 0 fully saturated rings. The Balaban J connectivity index is 4.30. The summed E-state index contributed by atoms with van der Waals surface area (Å²) >= 11 is 0. The van der Waals surface area contributed by atoms with Crippen LogP contribution in [0.3, 0.4) is 0 Å². The number of esters is 3. The van der Waals surface area contributed by atoms with Crippen LogP contribution in [0.25, 0.3) is 0 Å². The van der Waals surface area contributed by atoms with Gasteiger partial charge in [0, 0.05) is 19.3 Å². The largest absolute Gasteiger partial charge is 0.462 e. The van der Waals surface area contributed by atoms with Crippen LogP contribution in [0.1, 0.15) is 290 Å². The van der Waals surface area contributed by atoms with Gasteiger partial charge in [-0.05, 0) is 64.2 Å². The minimum Gasteiger partial charge on any atom is -0.462 e. The standard InChI is InChI=1S/C55H102O6/c1-4-7-10-13-16-19-22-24-26-27-28-30-31-33-36-39-42-45-48-54(57)60-51-52(50-59-53(56)47-44-41-38-35-21-18-15-12-9-6-3)61-55(58)49-46-43-40-37-34-32-29-25-23-20-17-14-11-8-5-2/h15,18,28,30,52H,4-14,16-17,19-27,29,31-51H2,1-3H3/b18-15-,30-28-. The Kier molecular flexibility index (Phi) is 48.8. The maximum atomic E-state index is 12.8. The zero-order valence-electron chi connectivity index (χ0n) is 40.9. The van der Waals surface area contributed by atoms with Gasteiger partial charge in [0.05, 0.1) is 0 Å². The van der Waals surface area contributed by atoms with E-state index in [1.807, 2.05) is 0 Å². The molecule has 0 rings (SSSR count). The Labute approximate surface area is 379 Å². The van der Waals surface area contributed by atoms with Crippen molar-refractivity contribution < 1.29 is 28.6 Å². The normalized spacial score (nSPS) is 12.1. The van der Waals surface area contributed by atoms with E-state index in [0.29, 0.717) is 19.3 Å². The van der Waals surface area contributed by atoms with Crippen molar-refractivity contribution in [1.29, 1.82) is 0 Å². The predicted octanol–water partition coefficient (Wildman–Crippen LogP) is 17.5. The van der Waals surface area contributed by atoms with Crippen LogP contribution < -0.4 is 0 Å². The Morgan fingerprint density at radius 1 is 0.311 bits per heavy atom. The Bertz CT molecular complexity index is 989. The molecule has 0 aromatic rings.